The molecule has 2 heterocycles. The Bertz CT molecular complexity index is 1000. The number of fused-ring (bicyclic) bond motifs is 3. The molecule has 0 saturated carbocycles. The van der Waals surface area contributed by atoms with Gasteiger partial charge in [-0.2, -0.15) is 0 Å². The molecule has 1 aliphatic heterocycles. The van der Waals surface area contributed by atoms with Crippen LogP contribution in [0.3, 0.4) is 0 Å². The van der Waals surface area contributed by atoms with Crippen LogP contribution in [0.2, 0.25) is 0 Å². The number of nitrogens with two attached hydrogens (primary N) is 1. The van der Waals surface area contributed by atoms with Crippen LogP contribution in [-0.2, 0) is 19.6 Å². The van der Waals surface area contributed by atoms with E-state index in [0.717, 1.165) is 33.6 Å². The lowest BCUT2D eigenvalue weighted by molar-refractivity contribution is 0.00578. The van der Waals surface area contributed by atoms with Crippen LogP contribution >= 0.6 is 0 Å². The molecule has 1 aromatic heterocycles. The van der Waals surface area contributed by atoms with Crippen molar-refractivity contribution < 1.29 is 14.1 Å². The lowest BCUT2D eigenvalue weighted by atomic mass is 9.68. The SMILES string of the molecule is CON=C1c2cc(B3OC(C)(C)C(C)(C)O3)ccc2-c2ncnc(N)c2C1(C)C. The Kier molecular flexibility index (Phi) is 4.30. The Morgan fingerprint density at radius 3 is 2.28 bits per heavy atom. The number of rotatable bonds is 2. The van der Waals surface area contributed by atoms with Crippen LogP contribution in [0.15, 0.2) is 29.7 Å². The highest BCUT2D eigenvalue weighted by Gasteiger charge is 2.52. The number of anilines is 1. The first-order valence-electron chi connectivity index (χ1n) is 9.72. The Balaban J connectivity index is 1.90. The van der Waals surface area contributed by atoms with E-state index in [1.54, 1.807) is 7.11 Å². The molecule has 2 aliphatic rings. The second-order valence-corrected chi connectivity index (χ2v) is 9.12. The zero-order valence-corrected chi connectivity index (χ0v) is 18.0. The summed E-state index contributed by atoms with van der Waals surface area (Å²) in [5, 5.41) is 4.37. The second kappa shape index (κ2) is 6.27. The molecule has 1 saturated heterocycles. The fraction of sp³-hybridized carbons (Fsp3) is 0.476. The Morgan fingerprint density at radius 2 is 1.66 bits per heavy atom. The molecule has 0 atom stereocenters. The molecule has 4 rings (SSSR count). The van der Waals surface area contributed by atoms with Crippen molar-refractivity contribution in [3.8, 4) is 11.3 Å². The minimum atomic E-state index is -0.530. The van der Waals surface area contributed by atoms with Crippen LogP contribution < -0.4 is 11.2 Å². The average molecular weight is 394 g/mol. The van der Waals surface area contributed by atoms with E-state index in [1.807, 2.05) is 53.7 Å². The summed E-state index contributed by atoms with van der Waals surface area (Å²) in [6.45, 7) is 12.3. The lowest BCUT2D eigenvalue weighted by Gasteiger charge is -2.34. The number of nitrogen functional groups attached to an aromatic ring is 1. The van der Waals surface area contributed by atoms with Crippen molar-refractivity contribution in [2.45, 2.75) is 58.2 Å². The Morgan fingerprint density at radius 1 is 1.00 bits per heavy atom. The number of oxime groups is 1. The van der Waals surface area contributed by atoms with Gasteiger partial charge in [-0.3, -0.25) is 0 Å². The summed E-state index contributed by atoms with van der Waals surface area (Å²) in [6.07, 6.45) is 1.49. The third-order valence-corrected chi connectivity index (χ3v) is 6.36. The number of nitrogens with zero attached hydrogens (tertiary/aromatic N) is 3. The van der Waals surface area contributed by atoms with E-state index in [9.17, 15) is 0 Å². The van der Waals surface area contributed by atoms with Gasteiger partial charge in [0.15, 0.2) is 0 Å². The van der Waals surface area contributed by atoms with E-state index in [2.05, 4.69) is 21.2 Å². The summed E-state index contributed by atoms with van der Waals surface area (Å²) in [5.74, 6) is 0.449. The van der Waals surface area contributed by atoms with Gasteiger partial charge in [-0.25, -0.2) is 9.97 Å². The highest BCUT2D eigenvalue weighted by molar-refractivity contribution is 6.62. The van der Waals surface area contributed by atoms with Gasteiger partial charge in [-0.15, -0.1) is 0 Å². The normalized spacial score (nSPS) is 22.3. The molecule has 2 aromatic rings. The smallest absolute Gasteiger partial charge is 0.399 e. The van der Waals surface area contributed by atoms with Crippen LogP contribution in [0.25, 0.3) is 11.3 Å². The van der Waals surface area contributed by atoms with Crippen LogP contribution in [0, 0.1) is 0 Å². The largest absolute Gasteiger partial charge is 0.494 e. The third kappa shape index (κ3) is 2.85. The van der Waals surface area contributed by atoms with Crippen molar-refractivity contribution in [2.75, 3.05) is 12.8 Å². The summed E-state index contributed by atoms with van der Waals surface area (Å²) >= 11 is 0. The van der Waals surface area contributed by atoms with Crippen LogP contribution in [0.1, 0.15) is 52.7 Å². The maximum absolute atomic E-state index is 6.24. The van der Waals surface area contributed by atoms with Gasteiger partial charge in [-0.05, 0) is 47.0 Å². The third-order valence-electron chi connectivity index (χ3n) is 6.36. The molecule has 29 heavy (non-hydrogen) atoms. The van der Waals surface area contributed by atoms with Gasteiger partial charge in [0.1, 0.15) is 19.3 Å². The van der Waals surface area contributed by atoms with E-state index in [1.165, 1.54) is 6.33 Å². The van der Waals surface area contributed by atoms with Gasteiger partial charge in [0.2, 0.25) is 0 Å². The van der Waals surface area contributed by atoms with E-state index in [-0.39, 0.29) is 0 Å². The average Bonchev–Trinajstić information content (AvgIpc) is 2.85. The van der Waals surface area contributed by atoms with E-state index >= 15 is 0 Å². The maximum atomic E-state index is 6.24. The molecule has 0 radical (unpaired) electrons. The predicted octanol–water partition coefficient (Wildman–Crippen LogP) is 2.67. The fourth-order valence-electron chi connectivity index (χ4n) is 4.02. The number of benzene rings is 1. The van der Waals surface area contributed by atoms with Gasteiger partial charge in [0, 0.05) is 22.1 Å². The molecule has 8 heteroatoms. The van der Waals surface area contributed by atoms with Crippen LogP contribution in [-0.4, -0.2) is 41.1 Å². The monoisotopic (exact) mass is 394 g/mol. The second-order valence-electron chi connectivity index (χ2n) is 9.12. The molecule has 0 amide bonds. The summed E-state index contributed by atoms with van der Waals surface area (Å²) < 4.78 is 12.5. The molecule has 1 aliphatic carbocycles. The first kappa shape index (κ1) is 19.9. The fourth-order valence-corrected chi connectivity index (χ4v) is 4.02. The molecular formula is C21H27BN4O3. The highest BCUT2D eigenvalue weighted by Crippen LogP contribution is 2.44. The lowest BCUT2D eigenvalue weighted by Crippen LogP contribution is -2.41. The number of hydrogen-bond donors (Lipinski definition) is 1. The molecule has 0 unspecified atom stereocenters. The topological polar surface area (TPSA) is 91.8 Å². The highest BCUT2D eigenvalue weighted by atomic mass is 16.7. The molecule has 152 valence electrons. The van der Waals surface area contributed by atoms with Crippen molar-refractivity contribution >= 4 is 24.1 Å². The molecular weight excluding hydrogens is 367 g/mol. The molecule has 1 aromatic carbocycles. The van der Waals surface area contributed by atoms with Crippen molar-refractivity contribution in [2.24, 2.45) is 5.16 Å². The Hall–Kier alpha value is -2.45. The standard InChI is InChI=1S/C21H27BN4O3/c1-19(2)15-16(24-11-25-18(15)23)13-9-8-12(10-14(13)17(19)26-27-7)22-28-20(3,4)21(5,6)29-22/h8-11H,1-7H3,(H2,23,24,25). The van der Waals surface area contributed by atoms with Crippen molar-refractivity contribution in [3.05, 3.63) is 35.7 Å². The summed E-state index contributed by atoms with van der Waals surface area (Å²) in [4.78, 5) is 13.9. The van der Waals surface area contributed by atoms with E-state index in [4.69, 9.17) is 19.9 Å². The molecule has 0 bridgehead atoms. The minimum absolute atomic E-state index is 0.412. The van der Waals surface area contributed by atoms with Crippen molar-refractivity contribution in [1.82, 2.24) is 9.97 Å². The van der Waals surface area contributed by atoms with Crippen LogP contribution in [0.5, 0.6) is 0 Å². The number of aromatic nitrogens is 2. The summed E-state index contributed by atoms with van der Waals surface area (Å²) in [6, 6.07) is 6.07. The zero-order valence-electron chi connectivity index (χ0n) is 18.0. The summed E-state index contributed by atoms with van der Waals surface area (Å²) in [7, 11) is 1.08. The van der Waals surface area contributed by atoms with Gasteiger partial charge in [0.25, 0.3) is 0 Å². The van der Waals surface area contributed by atoms with E-state index in [0.29, 0.717) is 5.82 Å². The van der Waals surface area contributed by atoms with Crippen LogP contribution in [0.4, 0.5) is 5.82 Å². The van der Waals surface area contributed by atoms with Gasteiger partial charge in [0.05, 0.1) is 22.6 Å². The molecule has 7 nitrogen and oxygen atoms in total. The minimum Gasteiger partial charge on any atom is -0.399 e. The molecule has 1 fully saturated rings. The first-order valence-corrected chi connectivity index (χ1v) is 9.72. The number of hydrogen-bond acceptors (Lipinski definition) is 7. The molecule has 0 spiro atoms. The maximum Gasteiger partial charge on any atom is 0.494 e. The van der Waals surface area contributed by atoms with Crippen molar-refractivity contribution in [3.63, 3.8) is 0 Å². The van der Waals surface area contributed by atoms with Gasteiger partial charge < -0.3 is 19.9 Å². The quantitative estimate of drug-likeness (QED) is 0.622. The Labute approximate surface area is 171 Å². The molecule has 2 N–H and O–H groups in total. The first-order chi connectivity index (χ1) is 13.5. The summed E-state index contributed by atoms with van der Waals surface area (Å²) in [5.41, 5.74) is 10.1. The van der Waals surface area contributed by atoms with Gasteiger partial charge >= 0.3 is 7.12 Å². The zero-order chi connectivity index (χ0) is 21.2. The van der Waals surface area contributed by atoms with Gasteiger partial charge in [-0.1, -0.05) is 23.4 Å². The predicted molar refractivity (Wildman–Crippen MR) is 114 cm³/mol. The van der Waals surface area contributed by atoms with Crippen molar-refractivity contribution in [1.29, 1.82) is 0 Å². The van der Waals surface area contributed by atoms with E-state index < -0.39 is 23.7 Å².